The molecule has 0 aliphatic heterocycles. The van der Waals surface area contributed by atoms with Gasteiger partial charge in [-0.15, -0.1) is 0 Å². The molecule has 3 nitrogen and oxygen atoms in total. The zero-order valence-corrected chi connectivity index (χ0v) is 10.1. The molecule has 90 valence electrons. The van der Waals surface area contributed by atoms with Crippen molar-refractivity contribution < 1.29 is 9.84 Å². The van der Waals surface area contributed by atoms with E-state index in [1.807, 2.05) is 0 Å². The maximum absolute atomic E-state index is 8.53. The van der Waals surface area contributed by atoms with Crippen molar-refractivity contribution in [2.24, 2.45) is 5.41 Å². The van der Waals surface area contributed by atoms with Crippen molar-refractivity contribution >= 4 is 0 Å². The molecule has 1 saturated carbocycles. The Balaban J connectivity index is 1.99. The molecule has 0 amide bonds. The van der Waals surface area contributed by atoms with Gasteiger partial charge in [0.25, 0.3) is 0 Å². The van der Waals surface area contributed by atoms with Gasteiger partial charge in [0.1, 0.15) is 0 Å². The number of rotatable bonds is 6. The quantitative estimate of drug-likeness (QED) is 0.661. The Morgan fingerprint density at radius 2 is 1.93 bits per heavy atom. The van der Waals surface area contributed by atoms with E-state index in [0.29, 0.717) is 24.7 Å². The Hall–Kier alpha value is -0.120. The molecule has 0 spiro atoms. The molecule has 1 rings (SSSR count). The molecular weight excluding hydrogens is 190 g/mol. The van der Waals surface area contributed by atoms with Crippen LogP contribution < -0.4 is 5.32 Å². The molecular formula is C12H25NO2. The monoisotopic (exact) mass is 215 g/mol. The number of aliphatic hydroxyl groups is 1. The van der Waals surface area contributed by atoms with Gasteiger partial charge in [0, 0.05) is 12.6 Å². The van der Waals surface area contributed by atoms with Gasteiger partial charge in [0.15, 0.2) is 0 Å². The van der Waals surface area contributed by atoms with Gasteiger partial charge in [-0.25, -0.2) is 0 Å². The van der Waals surface area contributed by atoms with Crippen LogP contribution in [0, 0.1) is 5.41 Å². The van der Waals surface area contributed by atoms with E-state index < -0.39 is 0 Å². The molecule has 0 bridgehead atoms. The SMILES string of the molecule is CC1(C)CCC(NCCOCCO)CC1. The molecule has 0 aromatic heterocycles. The second-order valence-electron chi connectivity index (χ2n) is 5.23. The molecule has 0 saturated heterocycles. The van der Waals surface area contributed by atoms with Crippen LogP contribution in [0.4, 0.5) is 0 Å². The summed E-state index contributed by atoms with van der Waals surface area (Å²) in [5.74, 6) is 0. The number of hydrogen-bond donors (Lipinski definition) is 2. The average molecular weight is 215 g/mol. The van der Waals surface area contributed by atoms with Crippen LogP contribution >= 0.6 is 0 Å². The summed E-state index contributed by atoms with van der Waals surface area (Å²) in [6.07, 6.45) is 5.21. The molecule has 0 aromatic carbocycles. The molecule has 1 aliphatic rings. The van der Waals surface area contributed by atoms with Crippen molar-refractivity contribution in [1.82, 2.24) is 5.32 Å². The Morgan fingerprint density at radius 3 is 2.53 bits per heavy atom. The van der Waals surface area contributed by atoms with Crippen molar-refractivity contribution in [2.45, 2.75) is 45.6 Å². The first-order valence-electron chi connectivity index (χ1n) is 6.06. The van der Waals surface area contributed by atoms with E-state index in [2.05, 4.69) is 19.2 Å². The van der Waals surface area contributed by atoms with Crippen LogP contribution in [0.15, 0.2) is 0 Å². The lowest BCUT2D eigenvalue weighted by Gasteiger charge is -2.34. The third kappa shape index (κ3) is 5.50. The zero-order valence-electron chi connectivity index (χ0n) is 10.1. The lowest BCUT2D eigenvalue weighted by molar-refractivity contribution is 0.0902. The molecule has 3 heteroatoms. The average Bonchev–Trinajstić information content (AvgIpc) is 2.20. The Morgan fingerprint density at radius 1 is 1.27 bits per heavy atom. The first-order valence-corrected chi connectivity index (χ1v) is 6.06. The van der Waals surface area contributed by atoms with E-state index in [4.69, 9.17) is 9.84 Å². The Bertz CT molecular complexity index is 161. The van der Waals surface area contributed by atoms with Gasteiger partial charge in [-0.2, -0.15) is 0 Å². The molecule has 1 aliphatic carbocycles. The van der Waals surface area contributed by atoms with Crippen LogP contribution in [-0.2, 0) is 4.74 Å². The maximum Gasteiger partial charge on any atom is 0.0698 e. The number of hydrogen-bond acceptors (Lipinski definition) is 3. The minimum absolute atomic E-state index is 0.123. The van der Waals surface area contributed by atoms with Gasteiger partial charge in [-0.05, 0) is 31.1 Å². The van der Waals surface area contributed by atoms with Gasteiger partial charge in [-0.3, -0.25) is 0 Å². The van der Waals surface area contributed by atoms with Crippen molar-refractivity contribution in [3.8, 4) is 0 Å². The first-order chi connectivity index (χ1) is 7.14. The number of nitrogens with one attached hydrogen (secondary N) is 1. The second kappa shape index (κ2) is 6.46. The highest BCUT2D eigenvalue weighted by molar-refractivity contribution is 4.81. The van der Waals surface area contributed by atoms with Gasteiger partial charge in [-0.1, -0.05) is 13.8 Å². The zero-order chi connectivity index (χ0) is 11.1. The van der Waals surface area contributed by atoms with Crippen molar-refractivity contribution in [2.75, 3.05) is 26.4 Å². The van der Waals surface area contributed by atoms with E-state index in [0.717, 1.165) is 6.54 Å². The highest BCUT2D eigenvalue weighted by Crippen LogP contribution is 2.34. The van der Waals surface area contributed by atoms with Gasteiger partial charge in [0.05, 0.1) is 19.8 Å². The van der Waals surface area contributed by atoms with Gasteiger partial charge in [0.2, 0.25) is 0 Å². The predicted molar refractivity (Wildman–Crippen MR) is 61.9 cm³/mol. The van der Waals surface area contributed by atoms with Gasteiger partial charge < -0.3 is 15.2 Å². The molecule has 0 unspecified atom stereocenters. The minimum Gasteiger partial charge on any atom is -0.394 e. The summed E-state index contributed by atoms with van der Waals surface area (Å²) < 4.78 is 5.20. The molecule has 2 N–H and O–H groups in total. The lowest BCUT2D eigenvalue weighted by atomic mass is 9.75. The van der Waals surface area contributed by atoms with Crippen LogP contribution in [0.1, 0.15) is 39.5 Å². The van der Waals surface area contributed by atoms with Crippen LogP contribution in [-0.4, -0.2) is 37.5 Å². The third-order valence-corrected chi connectivity index (χ3v) is 3.25. The summed E-state index contributed by atoms with van der Waals surface area (Å²) in [5.41, 5.74) is 0.547. The molecule has 0 radical (unpaired) electrons. The number of ether oxygens (including phenoxy) is 1. The van der Waals surface area contributed by atoms with Crippen LogP contribution in [0.2, 0.25) is 0 Å². The van der Waals surface area contributed by atoms with Gasteiger partial charge >= 0.3 is 0 Å². The van der Waals surface area contributed by atoms with Crippen molar-refractivity contribution in [3.63, 3.8) is 0 Å². The molecule has 0 heterocycles. The highest BCUT2D eigenvalue weighted by atomic mass is 16.5. The molecule has 0 atom stereocenters. The summed E-state index contributed by atoms with van der Waals surface area (Å²) in [6, 6.07) is 0.677. The second-order valence-corrected chi connectivity index (χ2v) is 5.23. The lowest BCUT2D eigenvalue weighted by Crippen LogP contribution is -2.37. The standard InChI is InChI=1S/C12H25NO2/c1-12(2)5-3-11(4-6-12)13-7-9-15-10-8-14/h11,13-14H,3-10H2,1-2H3. The Labute approximate surface area is 93.2 Å². The fraction of sp³-hybridized carbons (Fsp3) is 1.00. The summed E-state index contributed by atoms with van der Waals surface area (Å²) >= 11 is 0. The van der Waals surface area contributed by atoms with Crippen LogP contribution in [0.3, 0.4) is 0 Å². The normalized spacial score (nSPS) is 21.8. The van der Waals surface area contributed by atoms with Crippen LogP contribution in [0.25, 0.3) is 0 Å². The summed E-state index contributed by atoms with van der Waals surface area (Å²) in [7, 11) is 0. The summed E-state index contributed by atoms with van der Waals surface area (Å²) in [6.45, 7) is 6.91. The smallest absolute Gasteiger partial charge is 0.0698 e. The summed E-state index contributed by atoms with van der Waals surface area (Å²) in [5, 5.41) is 12.0. The predicted octanol–water partition coefficient (Wildman–Crippen LogP) is 1.55. The van der Waals surface area contributed by atoms with Crippen molar-refractivity contribution in [3.05, 3.63) is 0 Å². The van der Waals surface area contributed by atoms with E-state index in [1.165, 1.54) is 25.7 Å². The van der Waals surface area contributed by atoms with Crippen molar-refractivity contribution in [1.29, 1.82) is 0 Å². The number of aliphatic hydroxyl groups excluding tert-OH is 1. The molecule has 0 aromatic rings. The molecule has 1 fully saturated rings. The molecule has 15 heavy (non-hydrogen) atoms. The van der Waals surface area contributed by atoms with Crippen LogP contribution in [0.5, 0.6) is 0 Å². The Kier molecular flexibility index (Phi) is 5.58. The van der Waals surface area contributed by atoms with E-state index in [-0.39, 0.29) is 6.61 Å². The van der Waals surface area contributed by atoms with E-state index in [1.54, 1.807) is 0 Å². The fourth-order valence-electron chi connectivity index (χ4n) is 2.11. The third-order valence-electron chi connectivity index (χ3n) is 3.25. The highest BCUT2D eigenvalue weighted by Gasteiger charge is 2.26. The first kappa shape index (κ1) is 12.9. The topological polar surface area (TPSA) is 41.5 Å². The summed E-state index contributed by atoms with van der Waals surface area (Å²) in [4.78, 5) is 0. The van der Waals surface area contributed by atoms with E-state index >= 15 is 0 Å². The maximum atomic E-state index is 8.53. The fourth-order valence-corrected chi connectivity index (χ4v) is 2.11. The minimum atomic E-state index is 0.123. The van der Waals surface area contributed by atoms with E-state index in [9.17, 15) is 0 Å². The largest absolute Gasteiger partial charge is 0.394 e.